The van der Waals surface area contributed by atoms with Crippen molar-refractivity contribution in [3.05, 3.63) is 23.4 Å². The molecule has 6 heteroatoms. The van der Waals surface area contributed by atoms with Crippen LogP contribution in [-0.2, 0) is 13.0 Å². The van der Waals surface area contributed by atoms with E-state index < -0.39 is 0 Å². The number of nitrogens with zero attached hydrogens (tertiary/aromatic N) is 3. The standard InChI is InChI=1S/C17H24N4O2/c1-12-8-17(5-3-7-21(17)10-12)11-23-16-19-14-9-18-6-4-13(14)15(20-16)22-2/h18H,1,3-11H2,2H3/t17-/m0/s1. The molecule has 0 aliphatic carbocycles. The van der Waals surface area contributed by atoms with E-state index >= 15 is 0 Å². The second-order valence-corrected chi connectivity index (χ2v) is 6.83. The summed E-state index contributed by atoms with van der Waals surface area (Å²) >= 11 is 0. The third-order valence-corrected chi connectivity index (χ3v) is 5.28. The van der Waals surface area contributed by atoms with E-state index in [0.717, 1.165) is 56.7 Å². The third-order valence-electron chi connectivity index (χ3n) is 5.28. The average molecular weight is 316 g/mol. The molecule has 0 bridgehead atoms. The molecule has 0 radical (unpaired) electrons. The molecule has 3 aliphatic heterocycles. The van der Waals surface area contributed by atoms with Crippen molar-refractivity contribution in [2.45, 2.75) is 37.8 Å². The Hall–Kier alpha value is -1.66. The summed E-state index contributed by atoms with van der Waals surface area (Å²) in [5.74, 6) is 0.656. The molecule has 1 atom stereocenters. The molecule has 1 aromatic heterocycles. The van der Waals surface area contributed by atoms with Crippen LogP contribution < -0.4 is 14.8 Å². The molecule has 23 heavy (non-hydrogen) atoms. The van der Waals surface area contributed by atoms with Crippen LogP contribution in [0.25, 0.3) is 0 Å². The molecule has 2 fully saturated rings. The molecule has 1 N–H and O–H groups in total. The van der Waals surface area contributed by atoms with Crippen LogP contribution in [0.2, 0.25) is 0 Å². The summed E-state index contributed by atoms with van der Waals surface area (Å²) in [4.78, 5) is 11.6. The molecule has 0 spiro atoms. The number of fused-ring (bicyclic) bond motifs is 2. The van der Waals surface area contributed by atoms with Gasteiger partial charge >= 0.3 is 6.01 Å². The molecule has 4 heterocycles. The van der Waals surface area contributed by atoms with E-state index in [9.17, 15) is 0 Å². The van der Waals surface area contributed by atoms with Crippen molar-refractivity contribution in [2.75, 3.05) is 33.4 Å². The van der Waals surface area contributed by atoms with Gasteiger partial charge in [0, 0.05) is 18.7 Å². The molecule has 1 aromatic rings. The fraction of sp³-hybridized carbons (Fsp3) is 0.647. The van der Waals surface area contributed by atoms with E-state index in [2.05, 4.69) is 26.8 Å². The van der Waals surface area contributed by atoms with Gasteiger partial charge < -0.3 is 14.8 Å². The Balaban J connectivity index is 1.54. The maximum atomic E-state index is 6.04. The first kappa shape index (κ1) is 14.9. The molecule has 2 saturated heterocycles. The lowest BCUT2D eigenvalue weighted by Crippen LogP contribution is -2.43. The predicted molar refractivity (Wildman–Crippen MR) is 86.8 cm³/mol. The SMILES string of the molecule is C=C1CN2CCC[C@@]2(COc2nc3c(c(OC)n2)CCNC3)C1. The Kier molecular flexibility index (Phi) is 3.73. The number of methoxy groups -OCH3 is 1. The number of aromatic nitrogens is 2. The minimum atomic E-state index is 0.0990. The Bertz CT molecular complexity index is 616. The first-order valence-electron chi connectivity index (χ1n) is 8.39. The van der Waals surface area contributed by atoms with Gasteiger partial charge in [-0.3, -0.25) is 4.90 Å². The molecule has 6 nitrogen and oxygen atoms in total. The largest absolute Gasteiger partial charge is 0.481 e. The van der Waals surface area contributed by atoms with Crippen LogP contribution in [0.3, 0.4) is 0 Å². The van der Waals surface area contributed by atoms with E-state index in [1.54, 1.807) is 7.11 Å². The quantitative estimate of drug-likeness (QED) is 0.845. The van der Waals surface area contributed by atoms with Crippen LogP contribution >= 0.6 is 0 Å². The van der Waals surface area contributed by atoms with Crippen LogP contribution in [0.1, 0.15) is 30.5 Å². The zero-order valence-corrected chi connectivity index (χ0v) is 13.7. The molecule has 4 rings (SSSR count). The Morgan fingerprint density at radius 1 is 1.39 bits per heavy atom. The summed E-state index contributed by atoms with van der Waals surface area (Å²) in [6.45, 7) is 8.62. The Morgan fingerprint density at radius 2 is 2.30 bits per heavy atom. The molecular formula is C17H24N4O2. The van der Waals surface area contributed by atoms with Crippen molar-refractivity contribution in [1.29, 1.82) is 0 Å². The van der Waals surface area contributed by atoms with Crippen LogP contribution in [0.4, 0.5) is 0 Å². The highest BCUT2D eigenvalue weighted by Crippen LogP contribution is 2.41. The minimum Gasteiger partial charge on any atom is -0.481 e. The van der Waals surface area contributed by atoms with Gasteiger partial charge in [0.1, 0.15) is 6.61 Å². The summed E-state index contributed by atoms with van der Waals surface area (Å²) in [7, 11) is 1.66. The molecule has 124 valence electrons. The van der Waals surface area contributed by atoms with Crippen LogP contribution in [0.15, 0.2) is 12.2 Å². The Labute approximate surface area is 136 Å². The van der Waals surface area contributed by atoms with Gasteiger partial charge in [-0.05, 0) is 38.8 Å². The van der Waals surface area contributed by atoms with Crippen LogP contribution in [0.5, 0.6) is 11.9 Å². The van der Waals surface area contributed by atoms with Gasteiger partial charge in [0.15, 0.2) is 0 Å². The lowest BCUT2D eigenvalue weighted by atomic mass is 9.94. The second kappa shape index (κ2) is 5.76. The van der Waals surface area contributed by atoms with Crippen molar-refractivity contribution in [2.24, 2.45) is 0 Å². The third kappa shape index (κ3) is 2.60. The molecule has 0 saturated carbocycles. The van der Waals surface area contributed by atoms with Crippen molar-refractivity contribution in [3.8, 4) is 11.9 Å². The fourth-order valence-corrected chi connectivity index (χ4v) is 4.18. The van der Waals surface area contributed by atoms with E-state index in [1.165, 1.54) is 12.0 Å². The second-order valence-electron chi connectivity index (χ2n) is 6.83. The summed E-state index contributed by atoms with van der Waals surface area (Å²) in [5, 5.41) is 3.34. The van der Waals surface area contributed by atoms with Crippen molar-refractivity contribution in [3.63, 3.8) is 0 Å². The highest BCUT2D eigenvalue weighted by molar-refractivity contribution is 5.34. The lowest BCUT2D eigenvalue weighted by Gasteiger charge is -2.31. The maximum absolute atomic E-state index is 6.04. The summed E-state index contributed by atoms with van der Waals surface area (Å²) in [6.07, 6.45) is 4.32. The topological polar surface area (TPSA) is 59.5 Å². The smallest absolute Gasteiger partial charge is 0.320 e. The highest BCUT2D eigenvalue weighted by Gasteiger charge is 2.46. The molecule has 0 amide bonds. The number of hydrogen-bond donors (Lipinski definition) is 1. The van der Waals surface area contributed by atoms with E-state index in [-0.39, 0.29) is 5.54 Å². The molecule has 0 unspecified atom stereocenters. The number of hydrogen-bond acceptors (Lipinski definition) is 6. The fourth-order valence-electron chi connectivity index (χ4n) is 4.18. The van der Waals surface area contributed by atoms with Crippen LogP contribution in [-0.4, -0.2) is 53.8 Å². The molecule has 3 aliphatic rings. The maximum Gasteiger partial charge on any atom is 0.320 e. The van der Waals surface area contributed by atoms with Crippen molar-refractivity contribution in [1.82, 2.24) is 20.2 Å². The van der Waals surface area contributed by atoms with E-state index in [4.69, 9.17) is 9.47 Å². The normalized spacial score (nSPS) is 26.9. The van der Waals surface area contributed by atoms with Gasteiger partial charge in [-0.2, -0.15) is 9.97 Å². The van der Waals surface area contributed by atoms with Crippen LogP contribution in [0, 0.1) is 0 Å². The molecule has 0 aromatic carbocycles. The Morgan fingerprint density at radius 3 is 3.17 bits per heavy atom. The number of nitrogens with one attached hydrogen (secondary N) is 1. The van der Waals surface area contributed by atoms with E-state index in [1.807, 2.05) is 0 Å². The zero-order valence-electron chi connectivity index (χ0n) is 13.7. The summed E-state index contributed by atoms with van der Waals surface area (Å²) in [6, 6.07) is 0.433. The van der Waals surface area contributed by atoms with Gasteiger partial charge in [-0.15, -0.1) is 0 Å². The monoisotopic (exact) mass is 316 g/mol. The predicted octanol–water partition coefficient (Wildman–Crippen LogP) is 1.30. The number of rotatable bonds is 4. The lowest BCUT2D eigenvalue weighted by molar-refractivity contribution is 0.106. The number of ether oxygens (including phenoxy) is 2. The summed E-state index contributed by atoms with van der Waals surface area (Å²) < 4.78 is 11.5. The van der Waals surface area contributed by atoms with Gasteiger partial charge in [0.05, 0.1) is 18.3 Å². The van der Waals surface area contributed by atoms with E-state index in [0.29, 0.717) is 18.5 Å². The van der Waals surface area contributed by atoms with Crippen molar-refractivity contribution < 1.29 is 9.47 Å². The highest BCUT2D eigenvalue weighted by atomic mass is 16.5. The van der Waals surface area contributed by atoms with Gasteiger partial charge in [0.25, 0.3) is 0 Å². The first-order chi connectivity index (χ1) is 11.2. The zero-order chi connectivity index (χ0) is 15.9. The average Bonchev–Trinajstić information content (AvgIpc) is 3.08. The van der Waals surface area contributed by atoms with Gasteiger partial charge in [-0.1, -0.05) is 12.2 Å². The summed E-state index contributed by atoms with van der Waals surface area (Å²) in [5.41, 5.74) is 3.51. The van der Waals surface area contributed by atoms with Gasteiger partial charge in [-0.25, -0.2) is 0 Å². The van der Waals surface area contributed by atoms with Crippen molar-refractivity contribution >= 4 is 0 Å². The first-order valence-corrected chi connectivity index (χ1v) is 8.39. The minimum absolute atomic E-state index is 0.0990. The van der Waals surface area contributed by atoms with Gasteiger partial charge in [0.2, 0.25) is 5.88 Å². The molecular weight excluding hydrogens is 292 g/mol.